The minimum absolute atomic E-state index is 0.148. The lowest BCUT2D eigenvalue weighted by atomic mass is 10.0. The van der Waals surface area contributed by atoms with Gasteiger partial charge in [0.05, 0.1) is 12.1 Å². The van der Waals surface area contributed by atoms with Crippen LogP contribution in [0.5, 0.6) is 11.5 Å². The molecule has 0 spiro atoms. The van der Waals surface area contributed by atoms with Gasteiger partial charge >= 0.3 is 0 Å². The molecule has 4 heteroatoms. The Morgan fingerprint density at radius 1 is 1.00 bits per heavy atom. The van der Waals surface area contributed by atoms with Gasteiger partial charge in [-0.2, -0.15) is 0 Å². The van der Waals surface area contributed by atoms with Gasteiger partial charge in [-0.25, -0.2) is 0 Å². The largest absolute Gasteiger partial charge is 0.507 e. The Bertz CT molecular complexity index is 553. The highest BCUT2D eigenvalue weighted by atomic mass is 35.5. The lowest BCUT2D eigenvalue weighted by molar-refractivity contribution is 0.412. The van der Waals surface area contributed by atoms with Crippen molar-refractivity contribution in [1.29, 1.82) is 0 Å². The summed E-state index contributed by atoms with van der Waals surface area (Å²) in [7, 11) is 1.57. The van der Waals surface area contributed by atoms with Crippen LogP contribution in [0.15, 0.2) is 36.4 Å². The van der Waals surface area contributed by atoms with Gasteiger partial charge in [0.1, 0.15) is 11.5 Å². The standard InChI is InChI=1S/C13H10Cl2O2/c1-17-9-3-5-13(16)11(7-9)10-4-2-8(14)6-12(10)15/h2-7,16H,1H3. The summed E-state index contributed by atoms with van der Waals surface area (Å²) in [6.45, 7) is 0. The van der Waals surface area contributed by atoms with Crippen LogP contribution >= 0.6 is 23.2 Å². The summed E-state index contributed by atoms with van der Waals surface area (Å²) in [5.74, 6) is 0.804. The summed E-state index contributed by atoms with van der Waals surface area (Å²) >= 11 is 11.9. The van der Waals surface area contributed by atoms with Crippen LogP contribution < -0.4 is 4.74 Å². The van der Waals surface area contributed by atoms with Crippen LogP contribution in [0.4, 0.5) is 0 Å². The number of rotatable bonds is 2. The van der Waals surface area contributed by atoms with Crippen LogP contribution in [0.2, 0.25) is 10.0 Å². The first-order valence-corrected chi connectivity index (χ1v) is 5.70. The zero-order valence-electron chi connectivity index (χ0n) is 9.08. The molecule has 0 amide bonds. The molecule has 0 aliphatic carbocycles. The van der Waals surface area contributed by atoms with Gasteiger partial charge in [-0.05, 0) is 30.3 Å². The Hall–Kier alpha value is -1.38. The lowest BCUT2D eigenvalue weighted by Gasteiger charge is -2.09. The molecule has 0 atom stereocenters. The van der Waals surface area contributed by atoms with Crippen molar-refractivity contribution < 1.29 is 9.84 Å². The van der Waals surface area contributed by atoms with Crippen LogP contribution in [-0.2, 0) is 0 Å². The van der Waals surface area contributed by atoms with Crippen molar-refractivity contribution in [3.63, 3.8) is 0 Å². The van der Waals surface area contributed by atoms with Crippen LogP contribution in [0.25, 0.3) is 11.1 Å². The summed E-state index contributed by atoms with van der Waals surface area (Å²) in [6, 6.07) is 10.1. The molecule has 2 aromatic rings. The maximum absolute atomic E-state index is 9.83. The summed E-state index contributed by atoms with van der Waals surface area (Å²) in [6.07, 6.45) is 0. The predicted octanol–water partition coefficient (Wildman–Crippen LogP) is 4.37. The first kappa shape index (κ1) is 12.1. The molecule has 0 saturated carbocycles. The molecule has 0 aliphatic rings. The van der Waals surface area contributed by atoms with Gasteiger partial charge in [-0.1, -0.05) is 29.3 Å². The maximum atomic E-state index is 9.83. The molecule has 2 aromatic carbocycles. The first-order valence-electron chi connectivity index (χ1n) is 4.94. The number of ether oxygens (including phenoxy) is 1. The molecule has 0 aliphatic heterocycles. The number of hydrogen-bond donors (Lipinski definition) is 1. The monoisotopic (exact) mass is 268 g/mol. The summed E-state index contributed by atoms with van der Waals surface area (Å²) in [4.78, 5) is 0. The third-order valence-electron chi connectivity index (χ3n) is 2.43. The zero-order valence-corrected chi connectivity index (χ0v) is 10.6. The fraction of sp³-hybridized carbons (Fsp3) is 0.0769. The van der Waals surface area contributed by atoms with Crippen molar-refractivity contribution >= 4 is 23.2 Å². The van der Waals surface area contributed by atoms with Gasteiger partial charge in [0, 0.05) is 16.1 Å². The number of phenolic OH excluding ortho intramolecular Hbond substituents is 1. The van der Waals surface area contributed by atoms with Crippen molar-refractivity contribution in [1.82, 2.24) is 0 Å². The molecule has 0 fully saturated rings. The van der Waals surface area contributed by atoms with E-state index in [-0.39, 0.29) is 5.75 Å². The summed E-state index contributed by atoms with van der Waals surface area (Å²) in [5, 5.41) is 10.9. The van der Waals surface area contributed by atoms with Gasteiger partial charge < -0.3 is 9.84 Å². The number of halogens is 2. The Balaban J connectivity index is 2.59. The molecule has 17 heavy (non-hydrogen) atoms. The van der Waals surface area contributed by atoms with E-state index >= 15 is 0 Å². The number of benzene rings is 2. The second-order valence-corrected chi connectivity index (χ2v) is 4.35. The maximum Gasteiger partial charge on any atom is 0.123 e. The lowest BCUT2D eigenvalue weighted by Crippen LogP contribution is -1.85. The van der Waals surface area contributed by atoms with Gasteiger partial charge in [-0.3, -0.25) is 0 Å². The molecule has 0 bridgehead atoms. The van der Waals surface area contributed by atoms with E-state index in [4.69, 9.17) is 27.9 Å². The molecule has 2 nitrogen and oxygen atoms in total. The summed E-state index contributed by atoms with van der Waals surface area (Å²) in [5.41, 5.74) is 1.33. The molecule has 0 heterocycles. The molecule has 88 valence electrons. The molecule has 2 rings (SSSR count). The van der Waals surface area contributed by atoms with Gasteiger partial charge in [0.15, 0.2) is 0 Å². The third kappa shape index (κ3) is 2.48. The Morgan fingerprint density at radius 2 is 1.76 bits per heavy atom. The van der Waals surface area contributed by atoms with Crippen LogP contribution in [0.1, 0.15) is 0 Å². The van der Waals surface area contributed by atoms with Crippen molar-refractivity contribution in [3.8, 4) is 22.6 Å². The van der Waals surface area contributed by atoms with Crippen LogP contribution in [-0.4, -0.2) is 12.2 Å². The molecule has 1 N–H and O–H groups in total. The van der Waals surface area contributed by atoms with Crippen molar-refractivity contribution in [2.45, 2.75) is 0 Å². The molecule has 0 radical (unpaired) electrons. The third-order valence-corrected chi connectivity index (χ3v) is 2.97. The second-order valence-electron chi connectivity index (χ2n) is 3.51. The van der Waals surface area contributed by atoms with Crippen LogP contribution in [0, 0.1) is 0 Å². The van der Waals surface area contributed by atoms with Gasteiger partial charge in [0.2, 0.25) is 0 Å². The van der Waals surface area contributed by atoms with Crippen molar-refractivity contribution in [2.24, 2.45) is 0 Å². The first-order chi connectivity index (χ1) is 8.11. The highest BCUT2D eigenvalue weighted by Crippen LogP contribution is 2.37. The minimum atomic E-state index is 0.148. The molecular formula is C13H10Cl2O2. The molecule has 0 saturated heterocycles. The Morgan fingerprint density at radius 3 is 2.41 bits per heavy atom. The zero-order chi connectivity index (χ0) is 12.4. The van der Waals surface area contributed by atoms with Gasteiger partial charge in [0.25, 0.3) is 0 Å². The smallest absolute Gasteiger partial charge is 0.123 e. The SMILES string of the molecule is COc1ccc(O)c(-c2ccc(Cl)cc2Cl)c1. The van der Waals surface area contributed by atoms with Crippen molar-refractivity contribution in [2.75, 3.05) is 7.11 Å². The van der Waals surface area contributed by atoms with Crippen LogP contribution in [0.3, 0.4) is 0 Å². The molecular weight excluding hydrogens is 259 g/mol. The number of hydrogen-bond acceptors (Lipinski definition) is 2. The minimum Gasteiger partial charge on any atom is -0.507 e. The molecule has 0 aromatic heterocycles. The highest BCUT2D eigenvalue weighted by molar-refractivity contribution is 6.36. The fourth-order valence-electron chi connectivity index (χ4n) is 1.57. The van der Waals surface area contributed by atoms with Gasteiger partial charge in [-0.15, -0.1) is 0 Å². The van der Waals surface area contributed by atoms with E-state index in [1.807, 2.05) is 0 Å². The Labute approximate surface area is 109 Å². The quantitative estimate of drug-likeness (QED) is 0.876. The number of aromatic hydroxyl groups is 1. The van der Waals surface area contributed by atoms with Crippen molar-refractivity contribution in [3.05, 3.63) is 46.4 Å². The van der Waals surface area contributed by atoms with E-state index in [9.17, 15) is 5.11 Å². The van der Waals surface area contributed by atoms with E-state index in [0.29, 0.717) is 26.9 Å². The van der Waals surface area contributed by atoms with E-state index in [0.717, 1.165) is 0 Å². The Kier molecular flexibility index (Phi) is 3.46. The van der Waals surface area contributed by atoms with E-state index < -0.39 is 0 Å². The average Bonchev–Trinajstić information content (AvgIpc) is 2.30. The van der Waals surface area contributed by atoms with E-state index in [1.54, 1.807) is 43.5 Å². The summed E-state index contributed by atoms with van der Waals surface area (Å²) < 4.78 is 5.11. The number of phenols is 1. The topological polar surface area (TPSA) is 29.5 Å². The predicted molar refractivity (Wildman–Crippen MR) is 70.1 cm³/mol. The molecule has 0 unspecified atom stereocenters. The second kappa shape index (κ2) is 4.86. The van der Waals surface area contributed by atoms with E-state index in [2.05, 4.69) is 0 Å². The average molecular weight is 269 g/mol. The fourth-order valence-corrected chi connectivity index (χ4v) is 2.08. The number of methoxy groups -OCH3 is 1. The normalized spacial score (nSPS) is 10.3. The van der Waals surface area contributed by atoms with E-state index in [1.165, 1.54) is 0 Å². The highest BCUT2D eigenvalue weighted by Gasteiger charge is 2.10.